The zero-order valence-electron chi connectivity index (χ0n) is 23.4. The first-order valence-corrected chi connectivity index (χ1v) is 13.6. The number of aliphatic hydroxyl groups excluding tert-OH is 1. The summed E-state index contributed by atoms with van der Waals surface area (Å²) < 4.78 is 18.8. The summed E-state index contributed by atoms with van der Waals surface area (Å²) in [5.74, 6) is -4.18. The van der Waals surface area contributed by atoms with Gasteiger partial charge in [0.15, 0.2) is 0 Å². The quantitative estimate of drug-likeness (QED) is 0.353. The lowest BCUT2D eigenvalue weighted by Crippen LogP contribution is -2.65. The first-order chi connectivity index (χ1) is 18.8. The molecule has 2 aliphatic rings. The van der Waals surface area contributed by atoms with E-state index >= 15 is 0 Å². The summed E-state index contributed by atoms with van der Waals surface area (Å²) in [6, 6.07) is 3.37. The summed E-state index contributed by atoms with van der Waals surface area (Å²) in [6.07, 6.45) is -0.269. The van der Waals surface area contributed by atoms with Crippen LogP contribution in [0.2, 0.25) is 0 Å². The number of amides is 4. The van der Waals surface area contributed by atoms with Gasteiger partial charge in [0.1, 0.15) is 29.5 Å². The number of aliphatic hydroxyl groups is 1. The van der Waals surface area contributed by atoms with E-state index in [4.69, 9.17) is 10.5 Å². The van der Waals surface area contributed by atoms with E-state index in [1.165, 1.54) is 47.9 Å². The minimum atomic E-state index is -1.48. The van der Waals surface area contributed by atoms with Crippen LogP contribution in [0.5, 0.6) is 0 Å². The van der Waals surface area contributed by atoms with Crippen molar-refractivity contribution in [2.75, 3.05) is 13.1 Å². The summed E-state index contributed by atoms with van der Waals surface area (Å²) in [6.45, 7) is 6.27. The molecule has 40 heavy (non-hydrogen) atoms. The molecule has 4 amide bonds. The Morgan fingerprint density at radius 3 is 2.35 bits per heavy atom. The Balaban J connectivity index is 1.98. The van der Waals surface area contributed by atoms with Crippen molar-refractivity contribution in [3.05, 3.63) is 35.6 Å². The molecule has 0 saturated carbocycles. The Kier molecular flexibility index (Phi) is 9.88. The predicted octanol–water partition coefficient (Wildman–Crippen LogP) is 0.659. The second-order valence-corrected chi connectivity index (χ2v) is 10.8. The number of benzene rings is 1. The van der Waals surface area contributed by atoms with Gasteiger partial charge in [0, 0.05) is 26.4 Å². The van der Waals surface area contributed by atoms with Crippen LogP contribution in [0.25, 0.3) is 0 Å². The van der Waals surface area contributed by atoms with Crippen molar-refractivity contribution >= 4 is 29.6 Å². The molecule has 1 aromatic rings. The van der Waals surface area contributed by atoms with Gasteiger partial charge >= 0.3 is 5.97 Å². The third kappa shape index (κ3) is 6.60. The number of hydrogen-bond acceptors (Lipinski definition) is 7. The number of nitrogens with one attached hydrogen (secondary N) is 1. The SMILES string of the molecule is CC(=O)O[C@H](C)[C@H](NC(=O)[C@@]1(Cc2ccc(F)cc2)CCCN1C(=O)[C@@H]1CCCN1C(=O)[C@@H](C)[C@@H](C)O)C(N)=O. The molecule has 12 heteroatoms. The van der Waals surface area contributed by atoms with E-state index in [9.17, 15) is 33.5 Å². The van der Waals surface area contributed by atoms with E-state index in [0.717, 1.165) is 6.92 Å². The Labute approximate surface area is 233 Å². The summed E-state index contributed by atoms with van der Waals surface area (Å²) in [4.78, 5) is 67.9. The monoisotopic (exact) mass is 562 g/mol. The Hall–Kier alpha value is -3.54. The highest BCUT2D eigenvalue weighted by Crippen LogP contribution is 2.36. The predicted molar refractivity (Wildman–Crippen MR) is 142 cm³/mol. The molecule has 220 valence electrons. The van der Waals surface area contributed by atoms with Crippen molar-refractivity contribution in [3.63, 3.8) is 0 Å². The molecule has 1 aromatic carbocycles. The van der Waals surface area contributed by atoms with Gasteiger partial charge in [-0.05, 0) is 57.2 Å². The average Bonchev–Trinajstić information content (AvgIpc) is 3.54. The van der Waals surface area contributed by atoms with Gasteiger partial charge in [-0.3, -0.25) is 24.0 Å². The van der Waals surface area contributed by atoms with E-state index in [-0.39, 0.29) is 25.3 Å². The third-order valence-corrected chi connectivity index (χ3v) is 7.94. The maximum absolute atomic E-state index is 14.1. The molecule has 6 atom stereocenters. The first kappa shape index (κ1) is 31.0. The van der Waals surface area contributed by atoms with Crippen molar-refractivity contribution in [2.45, 2.75) is 89.6 Å². The highest BCUT2D eigenvalue weighted by molar-refractivity contribution is 5.98. The fraction of sp³-hybridized carbons (Fsp3) is 0.607. The molecular weight excluding hydrogens is 523 g/mol. The van der Waals surface area contributed by atoms with E-state index < -0.39 is 65.3 Å². The normalized spacial score (nSPS) is 23.7. The lowest BCUT2D eigenvalue weighted by Gasteiger charge is -2.41. The first-order valence-electron chi connectivity index (χ1n) is 13.6. The maximum Gasteiger partial charge on any atom is 0.302 e. The van der Waals surface area contributed by atoms with Crippen LogP contribution in [-0.2, 0) is 35.1 Å². The Morgan fingerprint density at radius 2 is 1.77 bits per heavy atom. The number of rotatable bonds is 10. The molecule has 2 aliphatic heterocycles. The fourth-order valence-electron chi connectivity index (χ4n) is 5.60. The number of primary amides is 1. The largest absolute Gasteiger partial charge is 0.460 e. The number of carbonyl (C=O) groups is 5. The molecule has 0 aliphatic carbocycles. The van der Waals surface area contributed by atoms with Crippen LogP contribution in [0, 0.1) is 11.7 Å². The lowest BCUT2D eigenvalue weighted by atomic mass is 9.86. The van der Waals surface area contributed by atoms with Gasteiger partial charge < -0.3 is 30.7 Å². The molecule has 2 heterocycles. The van der Waals surface area contributed by atoms with Crippen molar-refractivity contribution in [3.8, 4) is 0 Å². The van der Waals surface area contributed by atoms with Crippen LogP contribution >= 0.6 is 0 Å². The minimum absolute atomic E-state index is 0.0169. The number of nitrogens with zero attached hydrogens (tertiary/aromatic N) is 2. The van der Waals surface area contributed by atoms with Gasteiger partial charge in [0.05, 0.1) is 12.0 Å². The third-order valence-electron chi connectivity index (χ3n) is 7.94. The van der Waals surface area contributed by atoms with E-state index in [2.05, 4.69) is 5.32 Å². The topological polar surface area (TPSA) is 159 Å². The zero-order chi connectivity index (χ0) is 29.8. The number of halogens is 1. The fourth-order valence-corrected chi connectivity index (χ4v) is 5.60. The van der Waals surface area contributed by atoms with Crippen molar-refractivity contribution in [1.29, 1.82) is 0 Å². The van der Waals surface area contributed by atoms with E-state index in [1.807, 2.05) is 0 Å². The van der Waals surface area contributed by atoms with Gasteiger partial charge in [-0.25, -0.2) is 4.39 Å². The molecule has 0 unspecified atom stereocenters. The molecule has 0 spiro atoms. The van der Waals surface area contributed by atoms with Gasteiger partial charge in [0.2, 0.25) is 23.6 Å². The molecule has 0 bridgehead atoms. The number of esters is 1. The van der Waals surface area contributed by atoms with Crippen LogP contribution in [0.4, 0.5) is 4.39 Å². The van der Waals surface area contributed by atoms with Crippen LogP contribution in [0.3, 0.4) is 0 Å². The summed E-state index contributed by atoms with van der Waals surface area (Å²) in [5, 5.41) is 12.6. The molecule has 2 saturated heterocycles. The molecule has 0 radical (unpaired) electrons. The van der Waals surface area contributed by atoms with Gasteiger partial charge in [0.25, 0.3) is 0 Å². The van der Waals surface area contributed by atoms with E-state index in [1.54, 1.807) is 6.92 Å². The molecule has 11 nitrogen and oxygen atoms in total. The highest BCUT2D eigenvalue weighted by Gasteiger charge is 2.53. The Morgan fingerprint density at radius 1 is 1.12 bits per heavy atom. The molecular formula is C28H39FN4O7. The van der Waals surface area contributed by atoms with Gasteiger partial charge in [-0.1, -0.05) is 19.1 Å². The molecule has 0 aromatic heterocycles. The second-order valence-electron chi connectivity index (χ2n) is 10.8. The van der Waals surface area contributed by atoms with Crippen molar-refractivity contribution in [1.82, 2.24) is 15.1 Å². The number of likely N-dealkylation sites (tertiary alicyclic amines) is 2. The zero-order valence-corrected chi connectivity index (χ0v) is 23.4. The van der Waals surface area contributed by atoms with Crippen LogP contribution in [0.15, 0.2) is 24.3 Å². The van der Waals surface area contributed by atoms with E-state index in [0.29, 0.717) is 31.4 Å². The van der Waals surface area contributed by atoms with Crippen LogP contribution in [-0.4, -0.2) is 87.4 Å². The van der Waals surface area contributed by atoms with Crippen LogP contribution in [0.1, 0.15) is 58.9 Å². The molecule has 2 fully saturated rings. The Bertz CT molecular complexity index is 1130. The van der Waals surface area contributed by atoms with Gasteiger partial charge in [-0.2, -0.15) is 0 Å². The molecule has 3 rings (SSSR count). The maximum atomic E-state index is 14.1. The molecule has 4 N–H and O–H groups in total. The standard InChI is InChI=1S/C28H39FN4O7/c1-16(17(2)34)25(37)32-13-5-7-22(32)26(38)33-14-6-12-28(33,15-20-8-10-21(29)11-9-20)27(39)31-23(24(30)36)18(3)40-19(4)35/h8-11,16-18,22-23,34H,5-7,12-15H2,1-4H3,(H2,30,36)(H,31,39)/t16-,17+,18+,22-,23-,28-/m0/s1. The van der Waals surface area contributed by atoms with Crippen LogP contribution < -0.4 is 11.1 Å². The lowest BCUT2D eigenvalue weighted by molar-refractivity contribution is -0.155. The second kappa shape index (κ2) is 12.8. The smallest absolute Gasteiger partial charge is 0.302 e. The van der Waals surface area contributed by atoms with Crippen molar-refractivity contribution < 1.29 is 38.2 Å². The van der Waals surface area contributed by atoms with Crippen molar-refractivity contribution in [2.24, 2.45) is 11.7 Å². The average molecular weight is 563 g/mol. The number of carbonyl (C=O) groups excluding carboxylic acids is 5. The summed E-state index contributed by atoms with van der Waals surface area (Å²) >= 11 is 0. The number of ether oxygens (including phenoxy) is 1. The summed E-state index contributed by atoms with van der Waals surface area (Å²) in [7, 11) is 0. The highest BCUT2D eigenvalue weighted by atomic mass is 19.1. The summed E-state index contributed by atoms with van der Waals surface area (Å²) in [5.41, 5.74) is 4.64. The number of hydrogen-bond donors (Lipinski definition) is 3. The van der Waals surface area contributed by atoms with Gasteiger partial charge in [-0.15, -0.1) is 0 Å². The number of nitrogens with two attached hydrogens (primary N) is 1. The minimum Gasteiger partial charge on any atom is -0.460 e.